The van der Waals surface area contributed by atoms with Crippen LogP contribution in [0, 0.1) is 11.8 Å². The number of aliphatic hydroxyl groups excluding tert-OH is 1. The number of aromatic amines is 1. The molecular weight excluding hydrogens is 1050 g/mol. The number of aromatic nitrogens is 1. The molecule has 28 nitrogen and oxygen atoms in total. The zero-order valence-corrected chi connectivity index (χ0v) is 46.5. The van der Waals surface area contributed by atoms with Crippen molar-refractivity contribution in [1.82, 2.24) is 47.5 Å². The number of carbonyl (C=O) groups is 11. The molecule has 10 amide bonds. The minimum absolute atomic E-state index is 0.00570. The van der Waals surface area contributed by atoms with Crippen LogP contribution in [0.3, 0.4) is 0 Å². The number of nitrogens with zero attached hydrogens (tertiary/aromatic N) is 1. The van der Waals surface area contributed by atoms with E-state index in [1.807, 2.05) is 0 Å². The Hall–Kier alpha value is -7.53. The fourth-order valence-corrected chi connectivity index (χ4v) is 8.35. The fraction of sp³-hybridized carbons (Fsp3) is 0.600. The van der Waals surface area contributed by atoms with Crippen LogP contribution in [-0.4, -0.2) is 165 Å². The molecule has 0 bridgehead atoms. The number of primary amides is 2. The van der Waals surface area contributed by atoms with Gasteiger partial charge in [-0.05, 0) is 87.8 Å². The Morgan fingerprint density at radius 2 is 1.11 bits per heavy atom. The Bertz CT molecular complexity index is 2470. The maximum atomic E-state index is 14.4. The minimum Gasteiger partial charge on any atom is -0.480 e. The number of para-hydroxylation sites is 1. The zero-order valence-electron chi connectivity index (χ0n) is 45.7. The Balaban J connectivity index is 2.46. The van der Waals surface area contributed by atoms with Crippen molar-refractivity contribution in [2.75, 3.05) is 18.6 Å². The molecule has 1 heterocycles. The molecule has 2 rings (SSSR count). The van der Waals surface area contributed by atoms with Crippen LogP contribution in [0.4, 0.5) is 0 Å². The number of H-pyrrole nitrogens is 1. The molecule has 0 radical (unpaired) electrons. The van der Waals surface area contributed by atoms with Gasteiger partial charge >= 0.3 is 5.97 Å². The molecule has 0 spiro atoms. The number of rotatable bonds is 36. The van der Waals surface area contributed by atoms with Crippen LogP contribution < -0.4 is 71.2 Å². The number of carbonyl (C=O) groups excluding carboxylic acids is 10. The van der Waals surface area contributed by atoms with Gasteiger partial charge in [-0.1, -0.05) is 45.9 Å². The Labute approximate surface area is 462 Å². The second kappa shape index (κ2) is 33.7. The summed E-state index contributed by atoms with van der Waals surface area (Å²) in [7, 11) is 0. The highest BCUT2D eigenvalue weighted by Gasteiger charge is 2.36. The van der Waals surface area contributed by atoms with Crippen LogP contribution in [0.15, 0.2) is 35.5 Å². The highest BCUT2D eigenvalue weighted by Crippen LogP contribution is 2.20. The Kier molecular flexibility index (Phi) is 28.8. The van der Waals surface area contributed by atoms with Crippen LogP contribution >= 0.6 is 11.8 Å². The summed E-state index contributed by atoms with van der Waals surface area (Å²) >= 11 is 1.38. The highest BCUT2D eigenvalue weighted by molar-refractivity contribution is 7.98. The number of hydrogen-bond acceptors (Lipinski definition) is 15. The van der Waals surface area contributed by atoms with E-state index in [1.165, 1.54) is 25.6 Å². The summed E-state index contributed by atoms with van der Waals surface area (Å²) in [5.41, 5.74) is 28.9. The molecule has 0 aliphatic rings. The van der Waals surface area contributed by atoms with Gasteiger partial charge in [0.2, 0.25) is 59.1 Å². The maximum Gasteiger partial charge on any atom is 0.326 e. The van der Waals surface area contributed by atoms with Gasteiger partial charge in [0, 0.05) is 42.9 Å². The average molecular weight is 1130 g/mol. The van der Waals surface area contributed by atoms with E-state index in [-0.39, 0.29) is 69.8 Å². The van der Waals surface area contributed by atoms with Crippen molar-refractivity contribution < 1.29 is 63.0 Å². The number of nitrogens with two attached hydrogens (primary N) is 5. The van der Waals surface area contributed by atoms with Crippen molar-refractivity contribution in [2.24, 2.45) is 45.5 Å². The first kappa shape index (κ1) is 67.6. The summed E-state index contributed by atoms with van der Waals surface area (Å²) in [4.78, 5) is 153. The molecule has 0 aliphatic heterocycles. The molecule has 0 aliphatic carbocycles. The van der Waals surface area contributed by atoms with E-state index in [1.54, 1.807) is 64.4 Å². The molecular formula is C50H81N15O13S. The van der Waals surface area contributed by atoms with Gasteiger partial charge in [-0.2, -0.15) is 11.8 Å². The van der Waals surface area contributed by atoms with Crippen molar-refractivity contribution in [1.29, 1.82) is 0 Å². The number of aliphatic hydroxyl groups is 1. The summed E-state index contributed by atoms with van der Waals surface area (Å²) < 4.78 is 0. The number of amides is 10. The Morgan fingerprint density at radius 1 is 0.608 bits per heavy atom. The maximum absolute atomic E-state index is 14.4. The quantitative estimate of drug-likeness (QED) is 0.0178. The van der Waals surface area contributed by atoms with E-state index in [2.05, 4.69) is 52.5 Å². The lowest BCUT2D eigenvalue weighted by Gasteiger charge is -2.29. The number of nitrogens with one attached hydrogen (secondary N) is 9. The number of thioether (sulfide) groups is 1. The topological polar surface area (TPSA) is 483 Å². The molecule has 0 saturated carbocycles. The summed E-state index contributed by atoms with van der Waals surface area (Å²) in [5.74, 6) is -10.7. The number of benzene rings is 1. The first-order chi connectivity index (χ1) is 37.1. The fourth-order valence-electron chi connectivity index (χ4n) is 7.88. The minimum atomic E-state index is -1.64. The highest BCUT2D eigenvalue weighted by atomic mass is 32.2. The van der Waals surface area contributed by atoms with Gasteiger partial charge in [0.25, 0.3) is 0 Å². The lowest BCUT2D eigenvalue weighted by atomic mass is 10.0. The third kappa shape index (κ3) is 23.9. The van der Waals surface area contributed by atoms with Gasteiger partial charge in [-0.3, -0.25) is 52.9 Å². The van der Waals surface area contributed by atoms with Crippen molar-refractivity contribution >= 4 is 93.7 Å². The van der Waals surface area contributed by atoms with Gasteiger partial charge in [0.05, 0.1) is 12.1 Å². The molecule has 0 saturated heterocycles. The van der Waals surface area contributed by atoms with E-state index in [0.29, 0.717) is 22.2 Å². The standard InChI is InChI=1S/C50H81N15O13S/c1-24(2)21-35(47(75)65-40(27(6)66)48(76)64-39(25(3)4)49(77)78)62-44(72)32(13-10-19-56-50(54)55)59-41(69)26(5)58-43(71)33(15-17-38(53)68)61-46(74)36(22-28-23-57-31-12-9-8-11-29(28)31)63-45(73)34(18-20-79-7)60-42(70)30(51)14-16-37(52)67/h8-9,11-12,23-27,30,32-36,39-40,57,66H,10,13-22,51H2,1-7H3,(H2,52,67)(H2,53,68)(H,58,71)(H,59,69)(H,60,70)(H,61,74)(H,62,72)(H,63,73)(H,64,76)(H,65,75)(H,77,78)(H4,54,55,56)/t26-,27+,30-,32-,33-,34-,35-,36-,39-,40-/m0/s1. The van der Waals surface area contributed by atoms with Gasteiger partial charge in [0.1, 0.15) is 48.3 Å². The lowest BCUT2D eigenvalue weighted by molar-refractivity contribution is -0.144. The molecule has 1 aromatic carbocycles. The second-order valence-electron chi connectivity index (χ2n) is 19.9. The molecule has 2 aromatic rings. The van der Waals surface area contributed by atoms with Gasteiger partial charge in [-0.15, -0.1) is 0 Å². The van der Waals surface area contributed by atoms with Crippen LogP contribution in [0.25, 0.3) is 10.9 Å². The first-order valence-electron chi connectivity index (χ1n) is 25.8. The monoisotopic (exact) mass is 1130 g/mol. The summed E-state index contributed by atoms with van der Waals surface area (Å²) in [6, 6.07) is -5.51. The number of aliphatic imine (C=N–C) groups is 1. The van der Waals surface area contributed by atoms with Crippen LogP contribution in [-0.2, 0) is 59.2 Å². The Morgan fingerprint density at radius 3 is 1.68 bits per heavy atom. The number of fused-ring (bicyclic) bond motifs is 1. The number of hydrogen-bond donors (Lipinski definition) is 16. The van der Waals surface area contributed by atoms with Gasteiger partial charge in [-0.25, -0.2) is 4.79 Å². The van der Waals surface area contributed by atoms with Crippen molar-refractivity contribution in [3.8, 4) is 0 Å². The summed E-state index contributed by atoms with van der Waals surface area (Å²) in [5, 5.41) is 41.0. The average Bonchev–Trinajstić information content (AvgIpc) is 3.78. The van der Waals surface area contributed by atoms with Crippen molar-refractivity contribution in [2.45, 2.75) is 160 Å². The predicted octanol–water partition coefficient (Wildman–Crippen LogP) is -3.56. The van der Waals surface area contributed by atoms with Crippen molar-refractivity contribution in [3.63, 3.8) is 0 Å². The number of aliphatic carboxylic acids is 1. The SMILES string of the molecule is CSCC[C@H](NC(=O)[C@@H](N)CCC(N)=O)C(=O)N[C@@H](Cc1c[nH]c2ccccc12)C(=O)N[C@@H](CCC(N)=O)C(=O)N[C@@H](C)C(=O)N[C@@H](CCCN=C(N)N)C(=O)N[C@@H](CC(C)C)C(=O)N[C@H](C(=O)N[C@H](C(=O)O)C(C)C)[C@@H](C)O. The molecule has 29 heteroatoms. The molecule has 1 aromatic heterocycles. The third-order valence-electron chi connectivity index (χ3n) is 12.3. The zero-order chi connectivity index (χ0) is 59.7. The van der Waals surface area contributed by atoms with Gasteiger partial charge in [0.15, 0.2) is 5.96 Å². The lowest BCUT2D eigenvalue weighted by Crippen LogP contribution is -2.61. The van der Waals surface area contributed by atoms with Gasteiger partial charge < -0.3 is 86.4 Å². The smallest absolute Gasteiger partial charge is 0.326 e. The summed E-state index contributed by atoms with van der Waals surface area (Å²) in [6.45, 7) is 9.06. The number of guanidine groups is 1. The van der Waals surface area contributed by atoms with Crippen LogP contribution in [0.5, 0.6) is 0 Å². The van der Waals surface area contributed by atoms with Crippen LogP contribution in [0.2, 0.25) is 0 Å². The van der Waals surface area contributed by atoms with E-state index in [9.17, 15) is 63.0 Å². The number of carboxylic acids is 1. The summed E-state index contributed by atoms with van der Waals surface area (Å²) in [6.07, 6.45) is 0.730. The van der Waals surface area contributed by atoms with E-state index >= 15 is 0 Å². The molecule has 21 N–H and O–H groups in total. The number of carboxylic acid groups (broad SMARTS) is 1. The molecule has 10 atom stereocenters. The third-order valence-corrected chi connectivity index (χ3v) is 12.9. The molecule has 440 valence electrons. The normalized spacial score (nSPS) is 15.0. The second-order valence-corrected chi connectivity index (χ2v) is 20.9. The van der Waals surface area contributed by atoms with E-state index < -0.39 is 138 Å². The largest absolute Gasteiger partial charge is 0.480 e. The molecule has 0 fully saturated rings. The predicted molar refractivity (Wildman–Crippen MR) is 294 cm³/mol. The molecule has 0 unspecified atom stereocenters. The van der Waals surface area contributed by atoms with Crippen LogP contribution in [0.1, 0.15) is 98.5 Å². The first-order valence-corrected chi connectivity index (χ1v) is 27.2. The van der Waals surface area contributed by atoms with E-state index in [0.717, 1.165) is 0 Å². The van der Waals surface area contributed by atoms with Crippen molar-refractivity contribution in [3.05, 3.63) is 36.0 Å². The van der Waals surface area contributed by atoms with E-state index in [4.69, 9.17) is 28.7 Å². The molecule has 79 heavy (non-hydrogen) atoms.